The summed E-state index contributed by atoms with van der Waals surface area (Å²) in [6.07, 6.45) is 0.723. The van der Waals surface area contributed by atoms with Gasteiger partial charge in [-0.2, -0.15) is 0 Å². The maximum Gasteiger partial charge on any atom is 0.414 e. The molecule has 8 heteroatoms. The van der Waals surface area contributed by atoms with E-state index in [1.54, 1.807) is 12.1 Å². The van der Waals surface area contributed by atoms with Gasteiger partial charge in [-0.05, 0) is 30.5 Å². The first-order valence-electron chi connectivity index (χ1n) is 9.36. The minimum absolute atomic E-state index is 0.150. The number of nitrogens with one attached hydrogen (secondary N) is 1. The molecular formula is C19H24FN3O4. The van der Waals surface area contributed by atoms with E-state index in [0.29, 0.717) is 23.3 Å². The van der Waals surface area contributed by atoms with E-state index < -0.39 is 12.2 Å². The zero-order chi connectivity index (χ0) is 19.1. The second-order valence-electron chi connectivity index (χ2n) is 7.54. The van der Waals surface area contributed by atoms with Crippen molar-refractivity contribution in [2.24, 2.45) is 0 Å². The Bertz CT molecular complexity index is 746. The monoisotopic (exact) mass is 377 g/mol. The van der Waals surface area contributed by atoms with Crippen LogP contribution in [0.3, 0.4) is 0 Å². The van der Waals surface area contributed by atoms with Crippen molar-refractivity contribution in [3.8, 4) is 0 Å². The number of aliphatic hydroxyl groups is 1. The molecule has 3 aliphatic rings. The van der Waals surface area contributed by atoms with Gasteiger partial charge in [0.15, 0.2) is 0 Å². The Morgan fingerprint density at radius 1 is 1.41 bits per heavy atom. The molecule has 146 valence electrons. The number of benzene rings is 1. The topological polar surface area (TPSA) is 81.9 Å². The van der Waals surface area contributed by atoms with Crippen LogP contribution in [-0.4, -0.2) is 66.4 Å². The van der Waals surface area contributed by atoms with E-state index in [1.165, 1.54) is 17.9 Å². The zero-order valence-corrected chi connectivity index (χ0v) is 15.2. The van der Waals surface area contributed by atoms with Crippen LogP contribution < -0.4 is 10.2 Å². The predicted molar refractivity (Wildman–Crippen MR) is 96.0 cm³/mol. The first-order chi connectivity index (χ1) is 13.0. The second-order valence-corrected chi connectivity index (χ2v) is 7.54. The van der Waals surface area contributed by atoms with Crippen molar-refractivity contribution in [2.45, 2.75) is 43.9 Å². The highest BCUT2D eigenvalue weighted by molar-refractivity contribution is 5.89. The molecule has 0 aromatic heterocycles. The summed E-state index contributed by atoms with van der Waals surface area (Å²) in [5.74, 6) is -0.347. The third-order valence-electron chi connectivity index (χ3n) is 5.78. The minimum atomic E-state index is -0.530. The van der Waals surface area contributed by atoms with E-state index in [4.69, 9.17) is 9.84 Å². The summed E-state index contributed by atoms with van der Waals surface area (Å²) < 4.78 is 20.0. The Morgan fingerprint density at radius 3 is 2.85 bits per heavy atom. The van der Waals surface area contributed by atoms with Gasteiger partial charge < -0.3 is 15.2 Å². The van der Waals surface area contributed by atoms with Gasteiger partial charge in [-0.15, -0.1) is 0 Å². The van der Waals surface area contributed by atoms with Crippen molar-refractivity contribution in [1.29, 1.82) is 0 Å². The van der Waals surface area contributed by atoms with Crippen LogP contribution in [0, 0.1) is 5.82 Å². The van der Waals surface area contributed by atoms with Gasteiger partial charge in [-0.25, -0.2) is 9.18 Å². The number of rotatable bonds is 6. The van der Waals surface area contributed by atoms with E-state index in [-0.39, 0.29) is 37.3 Å². The molecule has 2 amide bonds. The molecule has 0 bridgehead atoms. The Labute approximate surface area is 157 Å². The fourth-order valence-electron chi connectivity index (χ4n) is 4.40. The normalized spacial score (nSPS) is 31.6. The number of amides is 2. The van der Waals surface area contributed by atoms with E-state index in [1.807, 2.05) is 0 Å². The molecule has 0 radical (unpaired) electrons. The summed E-state index contributed by atoms with van der Waals surface area (Å²) in [6, 6.07) is 5.82. The van der Waals surface area contributed by atoms with Crippen molar-refractivity contribution in [1.82, 2.24) is 10.2 Å². The maximum absolute atomic E-state index is 14.7. The molecule has 2 N–H and O–H groups in total. The zero-order valence-electron chi connectivity index (χ0n) is 15.2. The molecule has 27 heavy (non-hydrogen) atoms. The first kappa shape index (κ1) is 18.2. The number of piperidine rings is 1. The standard InChI is InChI=1S/C19H24FN3O4/c1-11(25)21-8-14-10-22(19(26)27-14)13-2-3-15(16(20)7-13)12-6-18-17(4-5-24)23(18)9-12/h2-3,7,12,14,17-18,24H,4-6,8-10H2,1H3,(H,21,25)/t12?,14-,17-,18-,23?/m0/s1. The smallest absolute Gasteiger partial charge is 0.414 e. The van der Waals surface area contributed by atoms with Gasteiger partial charge >= 0.3 is 6.09 Å². The number of hydrogen-bond acceptors (Lipinski definition) is 5. The molecule has 2 unspecified atom stereocenters. The van der Waals surface area contributed by atoms with Crippen LogP contribution in [0.25, 0.3) is 0 Å². The highest BCUT2D eigenvalue weighted by Gasteiger charge is 2.53. The number of nitrogens with zero attached hydrogens (tertiary/aromatic N) is 2. The number of fused-ring (bicyclic) bond motifs is 1. The summed E-state index contributed by atoms with van der Waals surface area (Å²) in [5, 5.41) is 11.7. The molecule has 3 saturated heterocycles. The summed E-state index contributed by atoms with van der Waals surface area (Å²) in [7, 11) is 0. The molecule has 4 rings (SSSR count). The van der Waals surface area contributed by atoms with Gasteiger partial charge in [0.1, 0.15) is 11.9 Å². The number of cyclic esters (lactones) is 1. The lowest BCUT2D eigenvalue weighted by atomic mass is 9.93. The minimum Gasteiger partial charge on any atom is -0.442 e. The third-order valence-corrected chi connectivity index (χ3v) is 5.78. The quantitative estimate of drug-likeness (QED) is 0.729. The first-order valence-corrected chi connectivity index (χ1v) is 9.36. The van der Waals surface area contributed by atoms with Gasteiger partial charge in [0.25, 0.3) is 0 Å². The van der Waals surface area contributed by atoms with Gasteiger partial charge in [0, 0.05) is 38.1 Å². The predicted octanol–water partition coefficient (Wildman–Crippen LogP) is 1.21. The van der Waals surface area contributed by atoms with Crippen LogP contribution in [0.4, 0.5) is 14.9 Å². The number of hydrogen-bond donors (Lipinski definition) is 2. The average molecular weight is 377 g/mol. The molecule has 0 spiro atoms. The number of ether oxygens (including phenoxy) is 1. The number of aliphatic hydroxyl groups excluding tert-OH is 1. The summed E-state index contributed by atoms with van der Waals surface area (Å²) in [6.45, 7) is 2.93. The molecule has 3 aliphatic heterocycles. The lowest BCUT2D eigenvalue weighted by molar-refractivity contribution is -0.119. The second kappa shape index (κ2) is 7.09. The number of anilines is 1. The molecule has 1 aromatic rings. The van der Waals surface area contributed by atoms with Crippen molar-refractivity contribution in [3.05, 3.63) is 29.6 Å². The molecule has 1 aromatic carbocycles. The van der Waals surface area contributed by atoms with E-state index in [2.05, 4.69) is 10.2 Å². The van der Waals surface area contributed by atoms with Crippen molar-refractivity contribution < 1.29 is 23.8 Å². The van der Waals surface area contributed by atoms with Gasteiger partial charge in [-0.1, -0.05) is 6.07 Å². The number of carbonyl (C=O) groups is 2. The van der Waals surface area contributed by atoms with Crippen molar-refractivity contribution in [3.63, 3.8) is 0 Å². The molecule has 7 nitrogen and oxygen atoms in total. The summed E-state index contributed by atoms with van der Waals surface area (Å²) in [4.78, 5) is 26.8. The molecule has 5 atom stereocenters. The SMILES string of the molecule is CC(=O)NC[C@H]1CN(c2ccc(C3C[C@H]4[C@H](CCO)N4C3)c(F)c2)C(=O)O1. The van der Waals surface area contributed by atoms with Crippen LogP contribution in [-0.2, 0) is 9.53 Å². The largest absolute Gasteiger partial charge is 0.442 e. The molecule has 3 fully saturated rings. The highest BCUT2D eigenvalue weighted by atomic mass is 19.1. The summed E-state index contributed by atoms with van der Waals surface area (Å²) >= 11 is 0. The van der Waals surface area contributed by atoms with E-state index >= 15 is 0 Å². The molecule has 0 aliphatic carbocycles. The Balaban J connectivity index is 1.39. The fourth-order valence-corrected chi connectivity index (χ4v) is 4.40. The van der Waals surface area contributed by atoms with Crippen LogP contribution in [0.2, 0.25) is 0 Å². The van der Waals surface area contributed by atoms with Crippen LogP contribution in [0.15, 0.2) is 18.2 Å². The van der Waals surface area contributed by atoms with Crippen molar-refractivity contribution in [2.75, 3.05) is 31.1 Å². The average Bonchev–Trinajstić information content (AvgIpc) is 2.98. The fraction of sp³-hybridized carbons (Fsp3) is 0.579. The Hall–Kier alpha value is -2.19. The molecule has 0 saturated carbocycles. The Kier molecular flexibility index (Phi) is 4.77. The molecular weight excluding hydrogens is 353 g/mol. The van der Waals surface area contributed by atoms with Crippen molar-refractivity contribution >= 4 is 17.7 Å². The van der Waals surface area contributed by atoms with Gasteiger partial charge in [0.05, 0.1) is 18.8 Å². The summed E-state index contributed by atoms with van der Waals surface area (Å²) in [5.41, 5.74) is 1.14. The maximum atomic E-state index is 14.7. The van der Waals surface area contributed by atoms with E-state index in [9.17, 15) is 14.0 Å². The highest BCUT2D eigenvalue weighted by Crippen LogP contribution is 2.47. The third kappa shape index (κ3) is 3.51. The molecule has 3 heterocycles. The number of carbonyl (C=O) groups excluding carboxylic acids is 2. The van der Waals surface area contributed by atoms with E-state index in [0.717, 1.165) is 19.4 Å². The van der Waals surface area contributed by atoms with Crippen LogP contribution >= 0.6 is 0 Å². The Morgan fingerprint density at radius 2 is 2.22 bits per heavy atom. The van der Waals surface area contributed by atoms with Crippen LogP contribution in [0.5, 0.6) is 0 Å². The van der Waals surface area contributed by atoms with Gasteiger partial charge in [0.2, 0.25) is 5.91 Å². The van der Waals surface area contributed by atoms with Crippen LogP contribution in [0.1, 0.15) is 31.2 Å². The lowest BCUT2D eigenvalue weighted by Gasteiger charge is -2.18. The lowest BCUT2D eigenvalue weighted by Crippen LogP contribution is -2.33. The van der Waals surface area contributed by atoms with Gasteiger partial charge in [-0.3, -0.25) is 14.6 Å². The number of halogens is 1.